The Labute approximate surface area is 173 Å². The molecule has 0 aliphatic carbocycles. The second-order valence-corrected chi connectivity index (χ2v) is 8.58. The van der Waals surface area contributed by atoms with Gasteiger partial charge in [-0.1, -0.05) is 0 Å². The maximum atomic E-state index is 11.7. The maximum absolute atomic E-state index is 11.7. The molecule has 2 rings (SSSR count). The molecule has 1 aromatic carbocycles. The van der Waals surface area contributed by atoms with Crippen LogP contribution in [0.25, 0.3) is 10.4 Å². The van der Waals surface area contributed by atoms with Crippen molar-refractivity contribution in [3.05, 3.63) is 40.8 Å². The standard InChI is InChI=1S/C18H21N3O7Se/c1-10(22)25-9-14-16(26-11(2)23)17(27-12(3)24)15(20-21-19)18(28-14)29-13-7-5-4-6-8-13/h4-8,14-18H,9H2,1-3H3/t14-,15+,16-,17+,18-/m1/s1. The molecule has 0 bridgehead atoms. The average Bonchev–Trinajstić information content (AvgIpc) is 2.65. The number of hydrogen-bond acceptors (Lipinski definition) is 8. The molecule has 156 valence electrons. The Bertz CT molecular complexity index is 785. The van der Waals surface area contributed by atoms with Crippen LogP contribution in [0.2, 0.25) is 0 Å². The van der Waals surface area contributed by atoms with Crippen LogP contribution in [0.1, 0.15) is 20.8 Å². The second-order valence-electron chi connectivity index (χ2n) is 6.12. The van der Waals surface area contributed by atoms with E-state index in [9.17, 15) is 14.4 Å². The molecule has 10 nitrogen and oxygen atoms in total. The predicted octanol–water partition coefficient (Wildman–Crippen LogP) is 0.846. The molecule has 5 atom stereocenters. The van der Waals surface area contributed by atoms with Crippen LogP contribution in [0.15, 0.2) is 35.4 Å². The minimum absolute atomic E-state index is 0.213. The number of azide groups is 1. The van der Waals surface area contributed by atoms with Gasteiger partial charge in [0.25, 0.3) is 0 Å². The minimum atomic E-state index is -1.10. The molecule has 0 unspecified atom stereocenters. The van der Waals surface area contributed by atoms with Crippen LogP contribution < -0.4 is 4.46 Å². The first kappa shape index (κ1) is 22.7. The zero-order valence-corrected chi connectivity index (χ0v) is 17.8. The van der Waals surface area contributed by atoms with E-state index in [0.29, 0.717) is 0 Å². The first-order chi connectivity index (χ1) is 13.8. The van der Waals surface area contributed by atoms with Gasteiger partial charge in [-0.05, 0) is 0 Å². The Hall–Kier alpha value is -2.58. The van der Waals surface area contributed by atoms with Gasteiger partial charge in [-0.25, -0.2) is 0 Å². The van der Waals surface area contributed by atoms with Gasteiger partial charge in [0, 0.05) is 0 Å². The Morgan fingerprint density at radius 1 is 1.07 bits per heavy atom. The molecule has 1 aliphatic rings. The van der Waals surface area contributed by atoms with E-state index in [0.717, 1.165) is 4.46 Å². The van der Waals surface area contributed by atoms with Crippen LogP contribution in [0.3, 0.4) is 0 Å². The predicted molar refractivity (Wildman–Crippen MR) is 101 cm³/mol. The number of nitrogens with zero attached hydrogens (tertiary/aromatic N) is 3. The fourth-order valence-corrected chi connectivity index (χ4v) is 5.17. The molecule has 1 aliphatic heterocycles. The van der Waals surface area contributed by atoms with E-state index in [1.54, 1.807) is 0 Å². The zero-order valence-electron chi connectivity index (χ0n) is 16.1. The molecule has 0 radical (unpaired) electrons. The number of esters is 3. The molecule has 0 aromatic heterocycles. The van der Waals surface area contributed by atoms with Gasteiger partial charge in [-0.3, -0.25) is 0 Å². The number of rotatable bonds is 7. The van der Waals surface area contributed by atoms with Gasteiger partial charge in [0.1, 0.15) is 0 Å². The van der Waals surface area contributed by atoms with Crippen LogP contribution in [-0.4, -0.2) is 68.8 Å². The van der Waals surface area contributed by atoms with Gasteiger partial charge in [-0.15, -0.1) is 0 Å². The Morgan fingerprint density at radius 3 is 2.24 bits per heavy atom. The molecule has 0 N–H and O–H groups in total. The summed E-state index contributed by atoms with van der Waals surface area (Å²) >= 11 is -0.339. The monoisotopic (exact) mass is 471 g/mol. The SMILES string of the molecule is CC(=O)OC[C@H]1O[C@H]([Se]c2ccccc2)[C@@H](N=[N+]=[N-])[C@H](OC(C)=O)[C@@H]1OC(C)=O. The summed E-state index contributed by atoms with van der Waals surface area (Å²) in [4.78, 5) is 37.5. The van der Waals surface area contributed by atoms with E-state index < -0.39 is 47.3 Å². The van der Waals surface area contributed by atoms with Crippen molar-refractivity contribution in [2.75, 3.05) is 6.61 Å². The second kappa shape index (κ2) is 10.8. The van der Waals surface area contributed by atoms with Gasteiger partial charge >= 0.3 is 173 Å². The van der Waals surface area contributed by atoms with Crippen molar-refractivity contribution in [1.29, 1.82) is 0 Å². The number of ether oxygens (including phenoxy) is 4. The molecule has 29 heavy (non-hydrogen) atoms. The van der Waals surface area contributed by atoms with Crippen molar-refractivity contribution in [1.82, 2.24) is 0 Å². The summed E-state index contributed by atoms with van der Waals surface area (Å²) < 4.78 is 22.8. The first-order valence-electron chi connectivity index (χ1n) is 8.71. The van der Waals surface area contributed by atoms with Gasteiger partial charge in [0.2, 0.25) is 0 Å². The van der Waals surface area contributed by atoms with Crippen LogP contribution in [0, 0.1) is 0 Å². The molecule has 11 heteroatoms. The van der Waals surface area contributed by atoms with Crippen molar-refractivity contribution in [3.8, 4) is 0 Å². The summed E-state index contributed by atoms with van der Waals surface area (Å²) in [7, 11) is 0. The average molecular weight is 470 g/mol. The van der Waals surface area contributed by atoms with Gasteiger partial charge in [0.05, 0.1) is 0 Å². The van der Waals surface area contributed by atoms with Crippen LogP contribution in [-0.2, 0) is 33.3 Å². The van der Waals surface area contributed by atoms with E-state index in [1.807, 2.05) is 30.3 Å². The quantitative estimate of drug-likeness (QED) is 0.144. The van der Waals surface area contributed by atoms with Crippen LogP contribution in [0.5, 0.6) is 0 Å². The summed E-state index contributed by atoms with van der Waals surface area (Å²) in [6, 6.07) is 8.47. The fraction of sp³-hybridized carbons (Fsp3) is 0.500. The summed E-state index contributed by atoms with van der Waals surface area (Å²) in [6.45, 7) is 3.42. The third-order valence-corrected chi connectivity index (χ3v) is 6.30. The number of hydrogen-bond donors (Lipinski definition) is 0. The third-order valence-electron chi connectivity index (χ3n) is 3.85. The topological polar surface area (TPSA) is 137 Å². The zero-order chi connectivity index (χ0) is 21.4. The molecule has 0 amide bonds. The van der Waals surface area contributed by atoms with Crippen molar-refractivity contribution in [2.24, 2.45) is 5.11 Å². The number of carbonyl (C=O) groups excluding carboxylic acids is 3. The Kier molecular flexibility index (Phi) is 8.48. The van der Waals surface area contributed by atoms with Gasteiger partial charge in [0.15, 0.2) is 0 Å². The van der Waals surface area contributed by atoms with Gasteiger partial charge in [-0.2, -0.15) is 0 Å². The van der Waals surface area contributed by atoms with E-state index >= 15 is 0 Å². The molecule has 1 heterocycles. The summed E-state index contributed by atoms with van der Waals surface area (Å²) in [5.74, 6) is -1.82. The van der Waals surface area contributed by atoms with E-state index in [-0.39, 0.29) is 21.6 Å². The fourth-order valence-electron chi connectivity index (χ4n) is 2.80. The van der Waals surface area contributed by atoms with Crippen LogP contribution in [0.4, 0.5) is 0 Å². The molecule has 1 fully saturated rings. The third kappa shape index (κ3) is 6.76. The van der Waals surface area contributed by atoms with Crippen molar-refractivity contribution >= 4 is 37.3 Å². The van der Waals surface area contributed by atoms with E-state index in [2.05, 4.69) is 10.0 Å². The van der Waals surface area contributed by atoms with Crippen molar-refractivity contribution < 1.29 is 33.3 Å². The number of benzene rings is 1. The van der Waals surface area contributed by atoms with E-state index in [1.165, 1.54) is 20.8 Å². The van der Waals surface area contributed by atoms with Gasteiger partial charge < -0.3 is 0 Å². The molecule has 0 saturated carbocycles. The molecule has 1 aromatic rings. The normalized spacial score (nSPS) is 26.0. The molecule has 1 saturated heterocycles. The summed E-state index contributed by atoms with van der Waals surface area (Å²) in [5.41, 5.74) is 9.06. The molecular weight excluding hydrogens is 449 g/mol. The Balaban J connectivity index is 2.41. The van der Waals surface area contributed by atoms with Crippen molar-refractivity contribution in [3.63, 3.8) is 0 Å². The molecular formula is C18H21N3O7Se. The van der Waals surface area contributed by atoms with E-state index in [4.69, 9.17) is 24.5 Å². The summed E-state index contributed by atoms with van der Waals surface area (Å²) in [6.07, 6.45) is -3.08. The first-order valence-corrected chi connectivity index (χ1v) is 10.6. The van der Waals surface area contributed by atoms with Crippen molar-refractivity contribution in [2.45, 2.75) is 50.1 Å². The Morgan fingerprint density at radius 2 is 1.69 bits per heavy atom. The molecule has 0 spiro atoms. The van der Waals surface area contributed by atoms with Crippen LogP contribution >= 0.6 is 0 Å². The number of carbonyl (C=O) groups is 3. The summed E-state index contributed by atoms with van der Waals surface area (Å²) in [5, 5.41) is 3.14.